The molecule has 2 N–H and O–H groups in total. The maximum Gasteiger partial charge on any atom is 0.0566 e. The molecule has 0 heterocycles. The molecular weight excluding hydrogens is 418 g/mol. The molecule has 3 rings (SSSR count). The van der Waals surface area contributed by atoms with Crippen LogP contribution in [0.1, 0.15) is 45.7 Å². The standard InChI is InChI=1S/C24H29Cl2N2P/c1-16-17(2)19(4)24(5,18(16)3)29(27-14-20-6-10-22(25)11-7-20)28-15-21-8-12-23(26)13-9-21/h6-13,27-28H,14-15H2,1-5H3. The predicted molar refractivity (Wildman–Crippen MR) is 129 cm³/mol. The summed E-state index contributed by atoms with van der Waals surface area (Å²) in [5.74, 6) is 0. The first-order valence-electron chi connectivity index (χ1n) is 9.86. The Morgan fingerprint density at radius 3 is 1.38 bits per heavy atom. The molecule has 0 amide bonds. The molecule has 1 aliphatic carbocycles. The lowest BCUT2D eigenvalue weighted by Gasteiger charge is -2.39. The molecule has 29 heavy (non-hydrogen) atoms. The summed E-state index contributed by atoms with van der Waals surface area (Å²) in [6, 6.07) is 16.1. The van der Waals surface area contributed by atoms with Gasteiger partial charge in [0, 0.05) is 31.4 Å². The van der Waals surface area contributed by atoms with Crippen molar-refractivity contribution in [1.29, 1.82) is 0 Å². The van der Waals surface area contributed by atoms with Crippen LogP contribution in [0.15, 0.2) is 70.8 Å². The first-order valence-corrected chi connectivity index (χ1v) is 12.0. The first-order chi connectivity index (χ1) is 13.7. The van der Waals surface area contributed by atoms with Crippen molar-refractivity contribution in [2.45, 2.75) is 52.9 Å². The summed E-state index contributed by atoms with van der Waals surface area (Å²) in [7, 11) is -0.720. The zero-order valence-electron chi connectivity index (χ0n) is 17.7. The van der Waals surface area contributed by atoms with E-state index in [1.165, 1.54) is 33.4 Å². The normalized spacial score (nSPS) is 16.3. The smallest absolute Gasteiger partial charge is 0.0566 e. The zero-order chi connectivity index (χ0) is 21.2. The molecule has 0 bridgehead atoms. The third kappa shape index (κ3) is 4.79. The van der Waals surface area contributed by atoms with Gasteiger partial charge in [0.15, 0.2) is 0 Å². The Hall–Kier alpha value is -1.15. The summed E-state index contributed by atoms with van der Waals surface area (Å²) in [5.41, 5.74) is 8.19. The minimum absolute atomic E-state index is 0.0254. The molecule has 0 unspecified atom stereocenters. The van der Waals surface area contributed by atoms with E-state index in [4.69, 9.17) is 23.2 Å². The highest BCUT2D eigenvalue weighted by Gasteiger charge is 2.43. The summed E-state index contributed by atoms with van der Waals surface area (Å²) in [6.07, 6.45) is 0. The Balaban J connectivity index is 1.84. The second-order valence-electron chi connectivity index (χ2n) is 7.83. The van der Waals surface area contributed by atoms with E-state index in [1.54, 1.807) is 0 Å². The molecule has 1 aliphatic rings. The Morgan fingerprint density at radius 1 is 0.690 bits per heavy atom. The highest BCUT2D eigenvalue weighted by atomic mass is 35.5. The van der Waals surface area contributed by atoms with Crippen LogP contribution < -0.4 is 10.2 Å². The van der Waals surface area contributed by atoms with Crippen LogP contribution in [0.4, 0.5) is 0 Å². The van der Waals surface area contributed by atoms with Crippen LogP contribution in [0.2, 0.25) is 10.0 Å². The maximum absolute atomic E-state index is 6.05. The third-order valence-electron chi connectivity index (χ3n) is 6.30. The Morgan fingerprint density at radius 2 is 1.03 bits per heavy atom. The minimum Gasteiger partial charge on any atom is -0.278 e. The molecule has 0 spiro atoms. The van der Waals surface area contributed by atoms with Gasteiger partial charge in [0.25, 0.3) is 0 Å². The number of hydrogen-bond acceptors (Lipinski definition) is 2. The zero-order valence-corrected chi connectivity index (χ0v) is 20.1. The van der Waals surface area contributed by atoms with Crippen molar-refractivity contribution in [3.05, 3.63) is 92.0 Å². The van der Waals surface area contributed by atoms with Crippen LogP contribution in [0, 0.1) is 0 Å². The largest absolute Gasteiger partial charge is 0.278 e. The topological polar surface area (TPSA) is 24.1 Å². The van der Waals surface area contributed by atoms with Gasteiger partial charge in [-0.05, 0) is 81.2 Å². The molecule has 154 valence electrons. The van der Waals surface area contributed by atoms with Gasteiger partial charge in [-0.25, -0.2) is 0 Å². The third-order valence-corrected chi connectivity index (χ3v) is 9.32. The van der Waals surface area contributed by atoms with E-state index in [0.29, 0.717) is 0 Å². The number of rotatable bonds is 7. The van der Waals surface area contributed by atoms with Gasteiger partial charge in [-0.3, -0.25) is 10.2 Å². The number of benzene rings is 2. The van der Waals surface area contributed by atoms with Crippen molar-refractivity contribution in [3.8, 4) is 0 Å². The summed E-state index contributed by atoms with van der Waals surface area (Å²) in [6.45, 7) is 13.0. The number of hydrogen-bond donors (Lipinski definition) is 2. The minimum atomic E-state index is -0.720. The van der Waals surface area contributed by atoms with Crippen LogP contribution >= 0.6 is 31.4 Å². The highest BCUT2D eigenvalue weighted by Crippen LogP contribution is 2.57. The van der Waals surface area contributed by atoms with Crippen molar-refractivity contribution in [2.24, 2.45) is 0 Å². The molecule has 2 aromatic rings. The fourth-order valence-corrected chi connectivity index (χ4v) is 6.51. The lowest BCUT2D eigenvalue weighted by molar-refractivity contribution is 0.781. The summed E-state index contributed by atoms with van der Waals surface area (Å²) >= 11 is 12.1. The maximum atomic E-state index is 6.05. The highest BCUT2D eigenvalue weighted by molar-refractivity contribution is 7.55. The SMILES string of the molecule is CC1=C(C)C(C)(P(NCc2ccc(Cl)cc2)NCc2ccc(Cl)cc2)C(C)=C1C. The Bertz CT molecular complexity index is 857. The van der Waals surface area contributed by atoms with E-state index in [0.717, 1.165) is 23.1 Å². The van der Waals surface area contributed by atoms with E-state index < -0.39 is 8.22 Å². The van der Waals surface area contributed by atoms with E-state index in [1.807, 2.05) is 24.3 Å². The van der Waals surface area contributed by atoms with Crippen LogP contribution in [0.5, 0.6) is 0 Å². The van der Waals surface area contributed by atoms with Gasteiger partial charge in [-0.1, -0.05) is 58.6 Å². The van der Waals surface area contributed by atoms with Crippen molar-refractivity contribution in [3.63, 3.8) is 0 Å². The van der Waals surface area contributed by atoms with Gasteiger partial charge >= 0.3 is 0 Å². The van der Waals surface area contributed by atoms with Crippen LogP contribution in [0.25, 0.3) is 0 Å². The molecule has 0 atom stereocenters. The van der Waals surface area contributed by atoms with Crippen molar-refractivity contribution in [2.75, 3.05) is 0 Å². The summed E-state index contributed by atoms with van der Waals surface area (Å²) in [5, 5.41) is 9.18. The molecule has 5 heteroatoms. The second-order valence-corrected chi connectivity index (χ2v) is 10.9. The van der Waals surface area contributed by atoms with Crippen molar-refractivity contribution in [1.82, 2.24) is 10.2 Å². The van der Waals surface area contributed by atoms with E-state index in [2.05, 4.69) is 69.1 Å². The van der Waals surface area contributed by atoms with E-state index in [-0.39, 0.29) is 5.16 Å². The number of nitrogens with one attached hydrogen (secondary N) is 2. The van der Waals surface area contributed by atoms with Crippen LogP contribution in [0.3, 0.4) is 0 Å². The van der Waals surface area contributed by atoms with Crippen LogP contribution in [-0.4, -0.2) is 5.16 Å². The van der Waals surface area contributed by atoms with Gasteiger partial charge in [-0.2, -0.15) is 0 Å². The average molecular weight is 447 g/mol. The van der Waals surface area contributed by atoms with E-state index >= 15 is 0 Å². The van der Waals surface area contributed by atoms with Crippen molar-refractivity contribution >= 4 is 31.4 Å². The molecule has 0 fully saturated rings. The fourth-order valence-electron chi connectivity index (χ4n) is 3.83. The van der Waals surface area contributed by atoms with Crippen LogP contribution in [-0.2, 0) is 13.1 Å². The molecule has 0 aliphatic heterocycles. The van der Waals surface area contributed by atoms with Gasteiger partial charge in [0.1, 0.15) is 0 Å². The van der Waals surface area contributed by atoms with E-state index in [9.17, 15) is 0 Å². The molecule has 2 nitrogen and oxygen atoms in total. The monoisotopic (exact) mass is 446 g/mol. The molecule has 0 saturated carbocycles. The molecule has 0 aromatic heterocycles. The predicted octanol–water partition coefficient (Wildman–Crippen LogP) is 7.63. The average Bonchev–Trinajstić information content (AvgIpc) is 2.86. The van der Waals surface area contributed by atoms with Gasteiger partial charge < -0.3 is 0 Å². The summed E-state index contributed by atoms with van der Waals surface area (Å²) in [4.78, 5) is 0. The number of allylic oxidation sites excluding steroid dienone is 4. The molecule has 0 radical (unpaired) electrons. The molecular formula is C24H29Cl2N2P. The van der Waals surface area contributed by atoms with Gasteiger partial charge in [0.05, 0.1) is 5.16 Å². The Labute approximate surface area is 186 Å². The lowest BCUT2D eigenvalue weighted by atomic mass is 9.98. The van der Waals surface area contributed by atoms with Crippen molar-refractivity contribution < 1.29 is 0 Å². The second kappa shape index (κ2) is 9.33. The molecule has 0 saturated heterocycles. The first kappa shape index (κ1) is 22.5. The lowest BCUT2D eigenvalue weighted by Crippen LogP contribution is -2.36. The number of halogens is 2. The van der Waals surface area contributed by atoms with Gasteiger partial charge in [-0.15, -0.1) is 0 Å². The summed E-state index contributed by atoms with van der Waals surface area (Å²) < 4.78 is 0. The fraction of sp³-hybridized carbons (Fsp3) is 0.333. The molecule has 2 aromatic carbocycles. The Kier molecular flexibility index (Phi) is 7.25. The van der Waals surface area contributed by atoms with Gasteiger partial charge in [0.2, 0.25) is 0 Å². The quantitative estimate of drug-likeness (QED) is 0.427.